The van der Waals surface area contributed by atoms with E-state index >= 15 is 0 Å². The fourth-order valence-electron chi connectivity index (χ4n) is 6.17. The second kappa shape index (κ2) is 15.5. The second-order valence-corrected chi connectivity index (χ2v) is 12.7. The van der Waals surface area contributed by atoms with E-state index in [1.54, 1.807) is 18.2 Å². The summed E-state index contributed by atoms with van der Waals surface area (Å²) in [5, 5.41) is 4.73. The number of alkyl halides is 6. The quantitative estimate of drug-likeness (QED) is 0.144. The van der Waals surface area contributed by atoms with Crippen molar-refractivity contribution < 1.29 is 40.8 Å². The number of carbonyl (C=O) groups excluding carboxylic acids is 2. The normalized spacial score (nSPS) is 18.0. The summed E-state index contributed by atoms with van der Waals surface area (Å²) >= 11 is 12.5. The molecule has 0 bridgehead atoms. The van der Waals surface area contributed by atoms with Crippen LogP contribution in [0.5, 0.6) is 0 Å². The number of rotatable bonds is 10. The van der Waals surface area contributed by atoms with Gasteiger partial charge < -0.3 is 19.5 Å². The van der Waals surface area contributed by atoms with Gasteiger partial charge in [-0.2, -0.15) is 26.3 Å². The lowest BCUT2D eigenvalue weighted by molar-refractivity contribution is -0.143. The SMILES string of the molecule is CON=C(CN(C)C(=O)c1cc(C(F)(F)F)cc(C(F)(F)F)c1)C(CCN1CCC(N2CCCCC2=O)CC1)c1ccc(Cl)c(Cl)c1. The third-order valence-corrected chi connectivity index (χ3v) is 9.37. The summed E-state index contributed by atoms with van der Waals surface area (Å²) in [4.78, 5) is 36.1. The third-order valence-electron chi connectivity index (χ3n) is 8.63. The monoisotopic (exact) mass is 708 g/mol. The molecule has 1 atom stereocenters. The number of amides is 2. The van der Waals surface area contributed by atoms with E-state index in [-0.39, 0.29) is 29.6 Å². The Kier molecular flexibility index (Phi) is 12.1. The van der Waals surface area contributed by atoms with Crippen LogP contribution < -0.4 is 0 Å². The zero-order valence-corrected chi connectivity index (χ0v) is 27.4. The molecule has 2 aromatic carbocycles. The fourth-order valence-corrected chi connectivity index (χ4v) is 6.47. The van der Waals surface area contributed by atoms with Crippen molar-refractivity contribution in [3.05, 3.63) is 68.7 Å². The Balaban J connectivity index is 1.54. The lowest BCUT2D eigenvalue weighted by Gasteiger charge is -2.40. The van der Waals surface area contributed by atoms with Gasteiger partial charge in [0.05, 0.1) is 33.4 Å². The van der Waals surface area contributed by atoms with E-state index in [0.717, 1.165) is 50.2 Å². The van der Waals surface area contributed by atoms with E-state index < -0.39 is 40.9 Å². The van der Waals surface area contributed by atoms with Gasteiger partial charge in [0.1, 0.15) is 7.11 Å². The third kappa shape index (κ3) is 9.54. The summed E-state index contributed by atoms with van der Waals surface area (Å²) in [5.74, 6) is -1.37. The highest BCUT2D eigenvalue weighted by atomic mass is 35.5. The Morgan fingerprint density at radius 1 is 0.979 bits per heavy atom. The Labute approximate surface area is 279 Å². The molecule has 2 aliphatic rings. The van der Waals surface area contributed by atoms with E-state index in [4.69, 9.17) is 28.0 Å². The maximum absolute atomic E-state index is 13.5. The zero-order chi connectivity index (χ0) is 34.5. The number of likely N-dealkylation sites (tertiary alicyclic amines) is 2. The van der Waals surface area contributed by atoms with Crippen LogP contribution >= 0.6 is 23.2 Å². The first-order valence-electron chi connectivity index (χ1n) is 15.2. The first kappa shape index (κ1) is 36.8. The number of benzene rings is 2. The molecule has 2 aliphatic heterocycles. The number of oxime groups is 1. The number of hydrogen-bond acceptors (Lipinski definition) is 5. The summed E-state index contributed by atoms with van der Waals surface area (Å²) < 4.78 is 80.8. The van der Waals surface area contributed by atoms with Crippen LogP contribution in [0.25, 0.3) is 0 Å². The van der Waals surface area contributed by atoms with Crippen molar-refractivity contribution in [3.8, 4) is 0 Å². The summed E-state index contributed by atoms with van der Waals surface area (Å²) in [6.07, 6.45) is -5.56. The maximum Gasteiger partial charge on any atom is 0.416 e. The highest BCUT2D eigenvalue weighted by molar-refractivity contribution is 6.42. The molecular weight excluding hydrogens is 673 g/mol. The molecule has 1 unspecified atom stereocenters. The molecule has 0 spiro atoms. The number of carbonyl (C=O) groups is 2. The van der Waals surface area contributed by atoms with Crippen LogP contribution in [0.4, 0.5) is 26.3 Å². The summed E-state index contributed by atoms with van der Waals surface area (Å²) in [5.41, 5.74) is -2.96. The van der Waals surface area contributed by atoms with Gasteiger partial charge in [-0.05, 0) is 74.5 Å². The van der Waals surface area contributed by atoms with Crippen molar-refractivity contribution in [3.63, 3.8) is 0 Å². The number of hydrogen-bond donors (Lipinski definition) is 0. The highest BCUT2D eigenvalue weighted by Gasteiger charge is 2.38. The van der Waals surface area contributed by atoms with Crippen LogP contribution in [0.15, 0.2) is 41.6 Å². The van der Waals surface area contributed by atoms with Gasteiger partial charge in [-0.1, -0.05) is 34.4 Å². The minimum Gasteiger partial charge on any atom is -0.399 e. The molecule has 0 saturated carbocycles. The van der Waals surface area contributed by atoms with Crippen LogP contribution in [-0.4, -0.2) is 85.1 Å². The molecule has 258 valence electrons. The van der Waals surface area contributed by atoms with Gasteiger partial charge in [0.25, 0.3) is 5.91 Å². The topological polar surface area (TPSA) is 65.5 Å². The lowest BCUT2D eigenvalue weighted by Crippen LogP contribution is -2.49. The molecule has 2 heterocycles. The zero-order valence-electron chi connectivity index (χ0n) is 25.9. The minimum atomic E-state index is -5.10. The Hall–Kier alpha value is -3.03. The van der Waals surface area contributed by atoms with Crippen LogP contribution in [0.2, 0.25) is 10.0 Å². The molecule has 15 heteroatoms. The molecule has 0 aliphatic carbocycles. The standard InChI is InChI=1S/C32H36Cl2F6N4O3/c1-42(30(46)21-15-22(31(35,36)37)18-23(16-21)32(38,39)40)19-28(41-47-2)25(20-6-7-26(33)27(34)17-20)10-14-43-12-8-24(9-13-43)44-11-4-3-5-29(44)45/h6-7,15-18,24-25H,3-5,8-14,19H2,1-2H3. The Morgan fingerprint density at radius 2 is 1.62 bits per heavy atom. The van der Waals surface area contributed by atoms with E-state index in [0.29, 0.717) is 47.8 Å². The number of piperidine rings is 2. The summed E-state index contributed by atoms with van der Waals surface area (Å²) in [6, 6.07) is 5.97. The van der Waals surface area contributed by atoms with Gasteiger partial charge in [0.15, 0.2) is 0 Å². The van der Waals surface area contributed by atoms with Crippen molar-refractivity contribution in [2.45, 2.75) is 62.8 Å². The second-order valence-electron chi connectivity index (χ2n) is 11.9. The fraction of sp³-hybridized carbons (Fsp3) is 0.531. The highest BCUT2D eigenvalue weighted by Crippen LogP contribution is 2.37. The van der Waals surface area contributed by atoms with Crippen molar-refractivity contribution in [2.24, 2.45) is 5.16 Å². The lowest BCUT2D eigenvalue weighted by atomic mass is 9.89. The van der Waals surface area contributed by atoms with Crippen molar-refractivity contribution in [1.82, 2.24) is 14.7 Å². The predicted molar refractivity (Wildman–Crippen MR) is 167 cm³/mol. The van der Waals surface area contributed by atoms with E-state index in [9.17, 15) is 35.9 Å². The Morgan fingerprint density at radius 3 is 2.17 bits per heavy atom. The molecule has 47 heavy (non-hydrogen) atoms. The molecular formula is C32H36Cl2F6N4O3. The van der Waals surface area contributed by atoms with Crippen LogP contribution in [0.3, 0.4) is 0 Å². The predicted octanol–water partition coefficient (Wildman–Crippen LogP) is 7.76. The van der Waals surface area contributed by atoms with Crippen LogP contribution in [0.1, 0.15) is 71.5 Å². The molecule has 4 rings (SSSR count). The van der Waals surface area contributed by atoms with Gasteiger partial charge in [-0.3, -0.25) is 9.59 Å². The van der Waals surface area contributed by atoms with Gasteiger partial charge in [-0.15, -0.1) is 0 Å². The Bertz CT molecular complexity index is 1430. The van der Waals surface area contributed by atoms with Crippen molar-refractivity contribution in [2.75, 3.05) is 46.9 Å². The van der Waals surface area contributed by atoms with E-state index in [1.807, 2.05) is 4.90 Å². The maximum atomic E-state index is 13.5. The average molecular weight is 710 g/mol. The van der Waals surface area contributed by atoms with Crippen LogP contribution in [0, 0.1) is 0 Å². The molecule has 0 aromatic heterocycles. The number of halogens is 8. The summed E-state index contributed by atoms with van der Waals surface area (Å²) in [6.45, 7) is 2.62. The molecule has 2 amide bonds. The van der Waals surface area contributed by atoms with Gasteiger partial charge in [0, 0.05) is 50.6 Å². The molecule has 0 N–H and O–H groups in total. The smallest absolute Gasteiger partial charge is 0.399 e. The largest absolute Gasteiger partial charge is 0.416 e. The van der Waals surface area contributed by atoms with Gasteiger partial charge in [0.2, 0.25) is 5.91 Å². The molecule has 0 radical (unpaired) electrons. The van der Waals surface area contributed by atoms with Gasteiger partial charge in [-0.25, -0.2) is 0 Å². The first-order valence-corrected chi connectivity index (χ1v) is 16.0. The van der Waals surface area contributed by atoms with E-state index in [1.165, 1.54) is 14.2 Å². The molecule has 2 aromatic rings. The van der Waals surface area contributed by atoms with E-state index in [2.05, 4.69) is 10.1 Å². The summed E-state index contributed by atoms with van der Waals surface area (Å²) in [7, 11) is 2.56. The van der Waals surface area contributed by atoms with Gasteiger partial charge >= 0.3 is 12.4 Å². The average Bonchev–Trinajstić information content (AvgIpc) is 3.02. The molecule has 2 saturated heterocycles. The first-order chi connectivity index (χ1) is 22.1. The van der Waals surface area contributed by atoms with Crippen LogP contribution in [-0.2, 0) is 22.0 Å². The van der Waals surface area contributed by atoms with Crippen molar-refractivity contribution >= 4 is 40.7 Å². The molecule has 7 nitrogen and oxygen atoms in total. The van der Waals surface area contributed by atoms with Crippen molar-refractivity contribution in [1.29, 1.82) is 0 Å². The number of nitrogens with zero attached hydrogens (tertiary/aromatic N) is 4. The minimum absolute atomic E-state index is 0.0257. The molecule has 2 fully saturated rings.